The Balaban J connectivity index is 1.12. The third-order valence-corrected chi connectivity index (χ3v) is 15.4. The minimum atomic E-state index is -1.01. The average molecular weight is 663 g/mol. The number of unbranched alkanes of at least 4 members (excludes halogenated alkanes) is 3. The van der Waals surface area contributed by atoms with E-state index in [-0.39, 0.29) is 0 Å². The summed E-state index contributed by atoms with van der Waals surface area (Å²) in [5, 5.41) is 12.8. The van der Waals surface area contributed by atoms with Crippen LogP contribution in [-0.2, 0) is 47.4 Å². The van der Waals surface area contributed by atoms with Crippen LogP contribution in [0.25, 0.3) is 0 Å². The molecule has 0 aromatic rings. The van der Waals surface area contributed by atoms with E-state index < -0.39 is 56.2 Å². The first-order chi connectivity index (χ1) is 22.9. The Labute approximate surface area is 277 Å². The van der Waals surface area contributed by atoms with Gasteiger partial charge in [0.05, 0.1) is 71.7 Å². The van der Waals surface area contributed by atoms with E-state index in [1.165, 1.54) is 6.42 Å². The van der Waals surface area contributed by atoms with Crippen LogP contribution in [0.2, 0.25) is 0 Å². The lowest BCUT2D eigenvalue weighted by atomic mass is 9.50. The predicted octanol–water partition coefficient (Wildman–Crippen LogP) is 3.50. The molecule has 0 saturated carbocycles. The van der Waals surface area contributed by atoms with Crippen LogP contribution in [0.3, 0.4) is 0 Å². The van der Waals surface area contributed by atoms with Gasteiger partial charge in [-0.2, -0.15) is 0 Å². The summed E-state index contributed by atoms with van der Waals surface area (Å²) in [5.74, 6) is -0.844. The normalized spacial score (nSPS) is 57.6. The molecule has 0 aliphatic carbocycles. The molecule has 0 bridgehead atoms. The fourth-order valence-corrected chi connectivity index (χ4v) is 13.9. The molecule has 0 aromatic carbocycles. The van der Waals surface area contributed by atoms with Crippen molar-refractivity contribution in [1.29, 1.82) is 0 Å². The summed E-state index contributed by atoms with van der Waals surface area (Å²) < 4.78 is 69.7. The number of ether oxygens (including phenoxy) is 10. The highest BCUT2D eigenvalue weighted by molar-refractivity contribution is 5.42. The van der Waals surface area contributed by atoms with E-state index in [0.717, 1.165) is 25.7 Å². The molecule has 10 fully saturated rings. The SMILES string of the molecule is CCCCCCC1(O)CCOC12CCOC21CCOC12CCOC21CCOC12CCOC21CCOC12CCOC21CCOC12CCO2. The van der Waals surface area contributed by atoms with E-state index in [9.17, 15) is 5.11 Å². The Morgan fingerprint density at radius 3 is 1.17 bits per heavy atom. The molecule has 9 spiro atoms. The van der Waals surface area contributed by atoms with Gasteiger partial charge in [0.25, 0.3) is 0 Å². The van der Waals surface area contributed by atoms with Gasteiger partial charge in [0.2, 0.25) is 5.79 Å². The molecule has 10 aliphatic rings. The Hall–Kier alpha value is -0.440. The average Bonchev–Trinajstić information content (AvgIpc) is 3.90. The smallest absolute Gasteiger partial charge is 0.202 e. The maximum atomic E-state index is 12.8. The molecule has 10 unspecified atom stereocenters. The first kappa shape index (κ1) is 31.3. The van der Waals surface area contributed by atoms with E-state index in [4.69, 9.17) is 47.4 Å². The highest BCUT2D eigenvalue weighted by atomic mass is 16.8. The molecule has 10 aliphatic heterocycles. The Bertz CT molecular complexity index is 1250. The number of hydrogen-bond acceptors (Lipinski definition) is 11. The first-order valence-corrected chi connectivity index (χ1v) is 19.0. The van der Waals surface area contributed by atoms with Gasteiger partial charge in [0, 0.05) is 64.2 Å². The molecular formula is C36H54O11. The lowest BCUT2D eigenvalue weighted by Gasteiger charge is -2.64. The summed E-state index contributed by atoms with van der Waals surface area (Å²) in [6.07, 6.45) is 11.8. The predicted molar refractivity (Wildman–Crippen MR) is 164 cm³/mol. The minimum Gasteiger partial charge on any atom is -0.387 e. The van der Waals surface area contributed by atoms with Crippen molar-refractivity contribution in [2.45, 2.75) is 159 Å². The first-order valence-electron chi connectivity index (χ1n) is 19.0. The van der Waals surface area contributed by atoms with Crippen molar-refractivity contribution in [2.24, 2.45) is 0 Å². The van der Waals surface area contributed by atoms with E-state index in [2.05, 4.69) is 6.92 Å². The summed E-state index contributed by atoms with van der Waals surface area (Å²) in [4.78, 5) is 0. The van der Waals surface area contributed by atoms with Crippen LogP contribution in [-0.4, -0.2) is 127 Å². The second-order valence-corrected chi connectivity index (χ2v) is 16.2. The zero-order valence-corrected chi connectivity index (χ0v) is 28.2. The quantitative estimate of drug-likeness (QED) is 0.437. The molecule has 10 atom stereocenters. The molecule has 1 N–H and O–H groups in total. The summed E-state index contributed by atoms with van der Waals surface area (Å²) in [6.45, 7) is 7.61. The van der Waals surface area contributed by atoms with Crippen molar-refractivity contribution in [3.8, 4) is 0 Å². The van der Waals surface area contributed by atoms with E-state index in [1.54, 1.807) is 0 Å². The molecular weight excluding hydrogens is 608 g/mol. The van der Waals surface area contributed by atoms with Gasteiger partial charge in [-0.1, -0.05) is 32.6 Å². The van der Waals surface area contributed by atoms with Crippen molar-refractivity contribution in [2.75, 3.05) is 66.1 Å². The number of aliphatic hydroxyl groups is 1. The van der Waals surface area contributed by atoms with Crippen molar-refractivity contribution in [3.05, 3.63) is 0 Å². The Kier molecular flexibility index (Phi) is 6.74. The molecule has 0 radical (unpaired) electrons. The highest BCUT2D eigenvalue weighted by Gasteiger charge is 2.94. The summed E-state index contributed by atoms with van der Waals surface area (Å²) >= 11 is 0. The zero-order valence-electron chi connectivity index (χ0n) is 28.2. The molecule has 11 heteroatoms. The lowest BCUT2D eigenvalue weighted by Crippen LogP contribution is -2.84. The van der Waals surface area contributed by atoms with Crippen molar-refractivity contribution < 1.29 is 52.5 Å². The standard InChI is InChI=1S/C36H54O11/c1-2-3-4-5-6-27(37)7-17-38-28(27)8-18-39-29(28)9-19-40-30(29)10-20-41-31(30)11-21-42-32(31)12-22-43-33(32)13-23-44-34(33)14-24-45-35(34)15-25-46-36(35)16-26-47-36/h37H,2-26H2,1H3. The van der Waals surface area contributed by atoms with E-state index in [0.29, 0.717) is 130 Å². The second kappa shape index (κ2) is 10.1. The third-order valence-electron chi connectivity index (χ3n) is 15.4. The highest BCUT2D eigenvalue weighted by Crippen LogP contribution is 2.76. The molecule has 0 aromatic heterocycles. The van der Waals surface area contributed by atoms with Crippen LogP contribution < -0.4 is 0 Å². The van der Waals surface area contributed by atoms with Gasteiger partial charge in [-0.25, -0.2) is 0 Å². The van der Waals surface area contributed by atoms with E-state index >= 15 is 0 Å². The van der Waals surface area contributed by atoms with Gasteiger partial charge in [-0.3, -0.25) is 0 Å². The molecule has 10 heterocycles. The maximum Gasteiger partial charge on any atom is 0.202 e. The summed E-state index contributed by atoms with van der Waals surface area (Å²) in [5.41, 5.74) is -8.01. The van der Waals surface area contributed by atoms with Crippen molar-refractivity contribution in [3.63, 3.8) is 0 Å². The molecule has 11 nitrogen and oxygen atoms in total. The number of rotatable bonds is 5. The Morgan fingerprint density at radius 2 is 0.702 bits per heavy atom. The van der Waals surface area contributed by atoms with Crippen LogP contribution in [0.1, 0.15) is 103 Å². The molecule has 0 amide bonds. The monoisotopic (exact) mass is 662 g/mol. The van der Waals surface area contributed by atoms with Gasteiger partial charge in [-0.05, 0) is 6.42 Å². The largest absolute Gasteiger partial charge is 0.387 e. The Morgan fingerprint density at radius 1 is 0.362 bits per heavy atom. The maximum absolute atomic E-state index is 12.8. The molecule has 10 saturated heterocycles. The van der Waals surface area contributed by atoms with Crippen LogP contribution in [0, 0.1) is 0 Å². The molecule has 47 heavy (non-hydrogen) atoms. The van der Waals surface area contributed by atoms with Gasteiger partial charge < -0.3 is 52.5 Å². The molecule has 264 valence electrons. The van der Waals surface area contributed by atoms with Crippen LogP contribution in [0.5, 0.6) is 0 Å². The van der Waals surface area contributed by atoms with E-state index in [1.807, 2.05) is 0 Å². The van der Waals surface area contributed by atoms with Gasteiger partial charge in [-0.15, -0.1) is 0 Å². The van der Waals surface area contributed by atoms with Crippen LogP contribution in [0.15, 0.2) is 0 Å². The van der Waals surface area contributed by atoms with Gasteiger partial charge in [0.15, 0.2) is 5.60 Å². The lowest BCUT2D eigenvalue weighted by molar-refractivity contribution is -0.388. The van der Waals surface area contributed by atoms with Crippen molar-refractivity contribution >= 4 is 0 Å². The van der Waals surface area contributed by atoms with Gasteiger partial charge in [0.1, 0.15) is 39.2 Å². The second-order valence-electron chi connectivity index (χ2n) is 16.2. The number of hydrogen-bond donors (Lipinski definition) is 1. The zero-order chi connectivity index (χ0) is 31.7. The fourth-order valence-electron chi connectivity index (χ4n) is 13.9. The van der Waals surface area contributed by atoms with Crippen LogP contribution in [0.4, 0.5) is 0 Å². The van der Waals surface area contributed by atoms with Crippen LogP contribution >= 0.6 is 0 Å². The fraction of sp³-hybridized carbons (Fsp3) is 1.00. The summed E-state index contributed by atoms with van der Waals surface area (Å²) in [7, 11) is 0. The third kappa shape index (κ3) is 3.08. The summed E-state index contributed by atoms with van der Waals surface area (Å²) in [6, 6.07) is 0. The topological polar surface area (TPSA) is 113 Å². The molecule has 10 rings (SSSR count). The number of fused-ring (bicyclic) bond motifs is 8. The van der Waals surface area contributed by atoms with Gasteiger partial charge >= 0.3 is 0 Å². The van der Waals surface area contributed by atoms with Crippen molar-refractivity contribution in [1.82, 2.24) is 0 Å². The minimum absolute atomic E-state index is 0.517.